The van der Waals surface area contributed by atoms with Crippen molar-refractivity contribution in [3.8, 4) is 0 Å². The average molecular weight is 537 g/mol. The summed E-state index contributed by atoms with van der Waals surface area (Å²) in [7, 11) is 0. The van der Waals surface area contributed by atoms with Crippen LogP contribution in [0.1, 0.15) is 79.1 Å². The summed E-state index contributed by atoms with van der Waals surface area (Å²) in [5.74, 6) is -4.67. The smallest absolute Gasteiger partial charge is 0.478 e. The molecule has 2 N–H and O–H groups in total. The van der Waals surface area contributed by atoms with E-state index in [1.54, 1.807) is 20.8 Å². The molecule has 0 bridgehead atoms. The predicted octanol–water partition coefficient (Wildman–Crippen LogP) is 5.46. The number of alkyl halides is 1. The summed E-state index contributed by atoms with van der Waals surface area (Å²) in [5, 5.41) is 22.0. The van der Waals surface area contributed by atoms with Gasteiger partial charge in [-0.2, -0.15) is 0 Å². The van der Waals surface area contributed by atoms with Crippen molar-refractivity contribution in [1.82, 2.24) is 0 Å². The molecular formula is C29H38F2O7. The summed E-state index contributed by atoms with van der Waals surface area (Å²) in [5.41, 5.74) is -7.32. The first-order valence-electron chi connectivity index (χ1n) is 13.8. The van der Waals surface area contributed by atoms with Crippen molar-refractivity contribution in [2.45, 2.75) is 103 Å². The zero-order valence-corrected chi connectivity index (χ0v) is 22.5. The number of fused-ring (bicyclic) bond motifs is 5. The number of hydrogen-bond donors (Lipinski definition) is 2. The maximum absolute atomic E-state index is 17.3. The van der Waals surface area contributed by atoms with Crippen LogP contribution in [0.2, 0.25) is 0 Å². The Balaban J connectivity index is 1.52. The largest absolute Gasteiger partial charge is 0.509 e. The van der Waals surface area contributed by atoms with Gasteiger partial charge in [-0.05, 0) is 63.0 Å². The molecule has 3 saturated carbocycles. The normalized spacial score (nSPS) is 45.3. The number of aliphatic hydroxyl groups excluding tert-OH is 1. The van der Waals surface area contributed by atoms with Crippen molar-refractivity contribution >= 4 is 17.9 Å². The molecule has 0 heterocycles. The summed E-state index contributed by atoms with van der Waals surface area (Å²) >= 11 is 0. The molecule has 0 amide bonds. The summed E-state index contributed by atoms with van der Waals surface area (Å²) in [4.78, 5) is 38.1. The first-order chi connectivity index (χ1) is 17.7. The van der Waals surface area contributed by atoms with E-state index in [2.05, 4.69) is 0 Å². The van der Waals surface area contributed by atoms with Gasteiger partial charge in [-0.25, -0.2) is 18.4 Å². The molecule has 5 rings (SSSR count). The third kappa shape index (κ3) is 3.42. The third-order valence-corrected chi connectivity index (χ3v) is 11.1. The number of allylic oxidation sites excluding steroid dienone is 4. The molecule has 0 aliphatic heterocycles. The molecule has 0 saturated heterocycles. The van der Waals surface area contributed by atoms with Crippen molar-refractivity contribution in [1.29, 1.82) is 0 Å². The lowest BCUT2D eigenvalue weighted by molar-refractivity contribution is -0.227. The number of aliphatic carboxylic acids is 1. The monoisotopic (exact) mass is 536 g/mol. The van der Waals surface area contributed by atoms with Gasteiger partial charge in [0.25, 0.3) is 0 Å². The SMILES string of the molecule is CC(OC(=O)O[C@]1(C(=O)O)[C@H](C)C[C@H]2[C@@H]3CC(F)=C4CC(=O)C=C[C@]4(C)[C@@]3(F)[C@@H](O)C[C@@]21C)C1CCCC1. The van der Waals surface area contributed by atoms with Crippen LogP contribution in [0.4, 0.5) is 13.6 Å². The molecule has 0 spiro atoms. The summed E-state index contributed by atoms with van der Waals surface area (Å²) in [6, 6.07) is 0. The minimum atomic E-state index is -2.33. The van der Waals surface area contributed by atoms with E-state index in [9.17, 15) is 24.6 Å². The van der Waals surface area contributed by atoms with Gasteiger partial charge in [0.05, 0.1) is 6.10 Å². The Morgan fingerprint density at radius 1 is 1.18 bits per heavy atom. The van der Waals surface area contributed by atoms with Crippen LogP contribution >= 0.6 is 0 Å². The molecule has 0 radical (unpaired) electrons. The number of carbonyl (C=O) groups excluding carboxylic acids is 2. The molecule has 38 heavy (non-hydrogen) atoms. The van der Waals surface area contributed by atoms with Gasteiger partial charge in [-0.1, -0.05) is 32.8 Å². The quantitative estimate of drug-likeness (QED) is 0.460. The Kier molecular flexibility index (Phi) is 6.36. The molecule has 3 fully saturated rings. The number of ether oxygens (including phenoxy) is 2. The molecule has 0 aromatic heterocycles. The van der Waals surface area contributed by atoms with Gasteiger partial charge in [0.1, 0.15) is 11.9 Å². The highest BCUT2D eigenvalue weighted by atomic mass is 19.1. The number of aliphatic hydroxyl groups is 1. The van der Waals surface area contributed by atoms with E-state index >= 15 is 8.78 Å². The van der Waals surface area contributed by atoms with E-state index in [-0.39, 0.29) is 43.0 Å². The molecule has 5 aliphatic rings. The Morgan fingerprint density at radius 3 is 2.47 bits per heavy atom. The van der Waals surface area contributed by atoms with E-state index in [0.717, 1.165) is 25.7 Å². The minimum Gasteiger partial charge on any atom is -0.478 e. The number of hydrogen-bond acceptors (Lipinski definition) is 6. The van der Waals surface area contributed by atoms with Crippen molar-refractivity contribution < 1.29 is 42.9 Å². The second-order valence-electron chi connectivity index (χ2n) is 12.8. The molecule has 5 aliphatic carbocycles. The fraction of sp³-hybridized carbons (Fsp3) is 0.759. The summed E-state index contributed by atoms with van der Waals surface area (Å²) in [6.45, 7) is 6.52. The molecule has 0 aromatic rings. The lowest BCUT2D eigenvalue weighted by Crippen LogP contribution is -2.69. The van der Waals surface area contributed by atoms with Crippen molar-refractivity contribution in [2.24, 2.45) is 34.5 Å². The van der Waals surface area contributed by atoms with Gasteiger partial charge in [0.2, 0.25) is 5.60 Å². The number of rotatable bonds is 4. The molecule has 0 aromatic carbocycles. The molecule has 210 valence electrons. The fourth-order valence-corrected chi connectivity index (χ4v) is 9.04. The van der Waals surface area contributed by atoms with E-state index < -0.39 is 70.0 Å². The van der Waals surface area contributed by atoms with E-state index in [4.69, 9.17) is 9.47 Å². The lowest BCUT2D eigenvalue weighted by atomic mass is 9.45. The Morgan fingerprint density at radius 2 is 1.84 bits per heavy atom. The highest BCUT2D eigenvalue weighted by molar-refractivity contribution is 5.93. The fourth-order valence-electron chi connectivity index (χ4n) is 9.04. The number of ketones is 1. The van der Waals surface area contributed by atoms with Gasteiger partial charge in [-0.15, -0.1) is 0 Å². The summed E-state index contributed by atoms with van der Waals surface area (Å²) < 4.78 is 44.2. The second kappa shape index (κ2) is 8.86. The second-order valence-corrected chi connectivity index (χ2v) is 12.8. The van der Waals surface area contributed by atoms with Crippen LogP contribution in [0.15, 0.2) is 23.6 Å². The molecule has 9 heteroatoms. The Labute approximate surface area is 221 Å². The number of halogens is 2. The first kappa shape index (κ1) is 27.3. The van der Waals surface area contributed by atoms with Crippen LogP contribution in [0.3, 0.4) is 0 Å². The Hall–Kier alpha value is -2.29. The maximum atomic E-state index is 17.3. The molecule has 1 unspecified atom stereocenters. The van der Waals surface area contributed by atoms with Gasteiger partial charge >= 0.3 is 12.1 Å². The zero-order valence-electron chi connectivity index (χ0n) is 22.5. The van der Waals surface area contributed by atoms with Gasteiger partial charge in [-0.3, -0.25) is 4.79 Å². The van der Waals surface area contributed by atoms with E-state index in [1.807, 2.05) is 0 Å². The zero-order chi connectivity index (χ0) is 27.8. The molecular weight excluding hydrogens is 498 g/mol. The van der Waals surface area contributed by atoms with Gasteiger partial charge in [0.15, 0.2) is 11.5 Å². The average Bonchev–Trinajstić information content (AvgIpc) is 3.45. The van der Waals surface area contributed by atoms with Crippen LogP contribution in [0.25, 0.3) is 0 Å². The highest BCUT2D eigenvalue weighted by Crippen LogP contribution is 2.71. The van der Waals surface area contributed by atoms with Crippen LogP contribution in [0.5, 0.6) is 0 Å². The first-order valence-corrected chi connectivity index (χ1v) is 13.8. The van der Waals surface area contributed by atoms with E-state index in [1.165, 1.54) is 19.1 Å². The van der Waals surface area contributed by atoms with Crippen LogP contribution in [0, 0.1) is 34.5 Å². The number of carboxylic acid groups (broad SMARTS) is 1. The van der Waals surface area contributed by atoms with E-state index in [0.29, 0.717) is 0 Å². The van der Waals surface area contributed by atoms with Crippen LogP contribution < -0.4 is 0 Å². The summed E-state index contributed by atoms with van der Waals surface area (Å²) in [6.07, 6.45) is 2.55. The Bertz CT molecular complexity index is 1110. The predicted molar refractivity (Wildman–Crippen MR) is 132 cm³/mol. The topological polar surface area (TPSA) is 110 Å². The molecule has 7 nitrogen and oxygen atoms in total. The van der Waals surface area contributed by atoms with Crippen LogP contribution in [-0.4, -0.2) is 51.6 Å². The number of carboxylic acids is 1. The lowest BCUT2D eigenvalue weighted by Gasteiger charge is -2.61. The molecule has 9 atom stereocenters. The van der Waals surface area contributed by atoms with Crippen molar-refractivity contribution in [3.63, 3.8) is 0 Å². The maximum Gasteiger partial charge on any atom is 0.509 e. The minimum absolute atomic E-state index is 0.0441. The van der Waals surface area contributed by atoms with Gasteiger partial charge < -0.3 is 19.7 Å². The van der Waals surface area contributed by atoms with Crippen molar-refractivity contribution in [2.75, 3.05) is 0 Å². The standard InChI is InChI=1S/C29H38F2O7/c1-15-11-19-20-13-22(30)21-12-18(32)9-10-26(21,3)28(20,31)23(33)14-27(19,4)29(15,24(34)35)38-25(36)37-16(2)17-7-5-6-8-17/h9-10,15-17,19-20,23,33H,5-8,11-14H2,1-4H3,(H,34,35)/t15-,16?,19+,20+,23+,26+,27+,28+,29+/m1/s1. The highest BCUT2D eigenvalue weighted by Gasteiger charge is 2.78. The number of carbonyl (C=O) groups is 3. The third-order valence-electron chi connectivity index (χ3n) is 11.1. The van der Waals surface area contributed by atoms with Crippen molar-refractivity contribution in [3.05, 3.63) is 23.6 Å². The van der Waals surface area contributed by atoms with Gasteiger partial charge in [0, 0.05) is 35.5 Å². The van der Waals surface area contributed by atoms with Crippen LogP contribution in [-0.2, 0) is 19.1 Å².